The van der Waals surface area contributed by atoms with Gasteiger partial charge in [-0.05, 0) is 75.8 Å². The van der Waals surface area contributed by atoms with Crippen LogP contribution in [0.2, 0.25) is 0 Å². The van der Waals surface area contributed by atoms with Crippen LogP contribution in [0.15, 0.2) is 84.1 Å². The minimum Gasteiger partial charge on any atom is -0.410 e. The predicted octanol–water partition coefficient (Wildman–Crippen LogP) is 6.25. The van der Waals surface area contributed by atoms with Crippen molar-refractivity contribution in [3.05, 3.63) is 89.6 Å². The standard InChI is InChI=1S/C35H43N3O4/c1-23(2)42-35(20-19-27-29(21-35)37(5)32(39)34(27,3)4)22-36-30-26-17-12-18-28(26)38(31(30)24-13-8-6-9-14-24)33(40)41-25-15-10-7-11-16-25/h6-11,13-16,19,21,23,26,28,30-31,36H,12,17-18,20,22H2,1-5H3. The Morgan fingerprint density at radius 2 is 1.74 bits per heavy atom. The van der Waals surface area contributed by atoms with Gasteiger partial charge in [0.1, 0.15) is 11.4 Å². The van der Waals surface area contributed by atoms with Crippen LogP contribution in [0.4, 0.5) is 4.79 Å². The van der Waals surface area contributed by atoms with Gasteiger partial charge in [-0.25, -0.2) is 4.79 Å². The number of hydrogen-bond donors (Lipinski definition) is 1. The molecule has 7 heteroatoms. The molecule has 7 nitrogen and oxygen atoms in total. The van der Waals surface area contributed by atoms with Crippen LogP contribution >= 0.6 is 0 Å². The number of benzene rings is 2. The van der Waals surface area contributed by atoms with E-state index in [2.05, 4.69) is 43.4 Å². The SMILES string of the molecule is CC(C)OC1(CNC2C3CCCC3N(C(=O)Oc3ccccc3)C2c2ccccc2)C=C2C(=CC1)C(C)(C)C(=O)N2C. The third kappa shape index (κ3) is 4.96. The Bertz CT molecular complexity index is 1390. The smallest absolute Gasteiger partial charge is 0.410 e. The summed E-state index contributed by atoms with van der Waals surface area (Å²) in [6.07, 6.45) is 7.84. The van der Waals surface area contributed by atoms with E-state index in [0.717, 1.165) is 36.1 Å². The van der Waals surface area contributed by atoms with Crippen molar-refractivity contribution in [2.75, 3.05) is 13.6 Å². The Morgan fingerprint density at radius 1 is 1.05 bits per heavy atom. The molecule has 2 aromatic rings. The maximum absolute atomic E-state index is 13.9. The maximum atomic E-state index is 13.9. The molecule has 1 saturated carbocycles. The summed E-state index contributed by atoms with van der Waals surface area (Å²) < 4.78 is 12.6. The van der Waals surface area contributed by atoms with Crippen molar-refractivity contribution in [1.29, 1.82) is 0 Å². The number of likely N-dealkylation sites (tertiary alicyclic amines) is 2. The molecule has 2 aromatic carbocycles. The molecular formula is C35H43N3O4. The zero-order valence-electron chi connectivity index (χ0n) is 25.4. The summed E-state index contributed by atoms with van der Waals surface area (Å²) in [4.78, 5) is 30.7. The normalized spacial score (nSPS) is 29.8. The van der Waals surface area contributed by atoms with Gasteiger partial charge in [-0.15, -0.1) is 0 Å². The molecular weight excluding hydrogens is 526 g/mol. The van der Waals surface area contributed by atoms with Crippen LogP contribution in [-0.2, 0) is 9.53 Å². The molecule has 5 atom stereocenters. The molecule has 0 radical (unpaired) electrons. The van der Waals surface area contributed by atoms with Crippen LogP contribution in [-0.4, -0.2) is 59.2 Å². The molecule has 2 saturated heterocycles. The first-order valence-corrected chi connectivity index (χ1v) is 15.3. The average Bonchev–Trinajstić information content (AvgIpc) is 3.60. The zero-order chi connectivity index (χ0) is 29.6. The number of ether oxygens (including phenoxy) is 2. The van der Waals surface area contributed by atoms with Crippen molar-refractivity contribution in [2.45, 2.75) is 83.2 Å². The summed E-state index contributed by atoms with van der Waals surface area (Å²) in [5.41, 5.74) is 1.96. The van der Waals surface area contributed by atoms with Crippen LogP contribution < -0.4 is 10.1 Å². The lowest BCUT2D eigenvalue weighted by molar-refractivity contribution is -0.132. The molecule has 2 aliphatic heterocycles. The molecule has 0 spiro atoms. The Morgan fingerprint density at radius 3 is 2.43 bits per heavy atom. The van der Waals surface area contributed by atoms with Gasteiger partial charge in [-0.3, -0.25) is 9.69 Å². The van der Waals surface area contributed by atoms with E-state index in [-0.39, 0.29) is 36.2 Å². The number of hydrogen-bond acceptors (Lipinski definition) is 5. The summed E-state index contributed by atoms with van der Waals surface area (Å²) in [6, 6.07) is 19.6. The Hall–Kier alpha value is -3.42. The Balaban J connectivity index is 1.32. The van der Waals surface area contributed by atoms with Gasteiger partial charge in [0.05, 0.1) is 17.6 Å². The summed E-state index contributed by atoms with van der Waals surface area (Å²) in [5, 5.41) is 3.94. The highest BCUT2D eigenvalue weighted by atomic mass is 16.6. The van der Waals surface area contributed by atoms with Gasteiger partial charge in [-0.2, -0.15) is 0 Å². The van der Waals surface area contributed by atoms with Gasteiger partial charge < -0.3 is 19.7 Å². The quantitative estimate of drug-likeness (QED) is 0.427. The first-order chi connectivity index (χ1) is 20.1. The van der Waals surface area contributed by atoms with E-state index in [1.54, 1.807) is 4.90 Å². The minimum absolute atomic E-state index is 0.000836. The largest absolute Gasteiger partial charge is 0.416 e. The van der Waals surface area contributed by atoms with Gasteiger partial charge in [0.2, 0.25) is 5.91 Å². The van der Waals surface area contributed by atoms with Crippen LogP contribution in [0.3, 0.4) is 0 Å². The summed E-state index contributed by atoms with van der Waals surface area (Å²) in [5.74, 6) is 0.959. The summed E-state index contributed by atoms with van der Waals surface area (Å²) in [7, 11) is 1.86. The Kier molecular flexibility index (Phi) is 7.52. The predicted molar refractivity (Wildman–Crippen MR) is 163 cm³/mol. The second-order valence-corrected chi connectivity index (χ2v) is 13.1. The fourth-order valence-corrected chi connectivity index (χ4v) is 7.79. The van der Waals surface area contributed by atoms with E-state index in [4.69, 9.17) is 9.47 Å². The molecule has 3 fully saturated rings. The fraction of sp³-hybridized carbons (Fsp3) is 0.486. The number of para-hydroxylation sites is 1. The number of carbonyl (C=O) groups is 2. The molecule has 42 heavy (non-hydrogen) atoms. The van der Waals surface area contributed by atoms with E-state index in [0.29, 0.717) is 24.6 Å². The van der Waals surface area contributed by atoms with Crippen LogP contribution in [0, 0.1) is 11.3 Å². The van der Waals surface area contributed by atoms with E-state index in [9.17, 15) is 9.59 Å². The van der Waals surface area contributed by atoms with Crippen molar-refractivity contribution in [1.82, 2.24) is 15.1 Å². The van der Waals surface area contributed by atoms with Gasteiger partial charge in [-0.1, -0.05) is 61.0 Å². The molecule has 2 amide bonds. The van der Waals surface area contributed by atoms with Crippen molar-refractivity contribution >= 4 is 12.0 Å². The highest BCUT2D eigenvalue weighted by molar-refractivity contribution is 5.93. The lowest BCUT2D eigenvalue weighted by Crippen LogP contribution is -2.50. The number of nitrogens with one attached hydrogen (secondary N) is 1. The molecule has 0 bridgehead atoms. The van der Waals surface area contributed by atoms with E-state index >= 15 is 0 Å². The Labute approximate surface area is 249 Å². The molecule has 0 aromatic heterocycles. The lowest BCUT2D eigenvalue weighted by Gasteiger charge is -2.39. The van der Waals surface area contributed by atoms with Crippen molar-refractivity contribution in [3.8, 4) is 5.75 Å². The number of amides is 2. The van der Waals surface area contributed by atoms with Crippen molar-refractivity contribution < 1.29 is 19.1 Å². The minimum atomic E-state index is -0.616. The number of likely N-dealkylation sites (N-methyl/N-ethyl adjacent to an activating group) is 1. The van der Waals surface area contributed by atoms with Gasteiger partial charge >= 0.3 is 6.09 Å². The maximum Gasteiger partial charge on any atom is 0.416 e. The molecule has 5 unspecified atom stereocenters. The number of rotatable bonds is 7. The van der Waals surface area contributed by atoms with E-state index in [1.165, 1.54) is 0 Å². The molecule has 4 aliphatic rings. The van der Waals surface area contributed by atoms with Crippen LogP contribution in [0.1, 0.15) is 65.0 Å². The average molecular weight is 570 g/mol. The number of nitrogens with zero attached hydrogens (tertiary/aromatic N) is 2. The lowest BCUT2D eigenvalue weighted by atomic mass is 9.79. The topological polar surface area (TPSA) is 71.1 Å². The van der Waals surface area contributed by atoms with Gasteiger partial charge in [0.25, 0.3) is 0 Å². The number of carbonyl (C=O) groups excluding carboxylic acids is 2. The molecule has 2 heterocycles. The monoisotopic (exact) mass is 569 g/mol. The summed E-state index contributed by atoms with van der Waals surface area (Å²) >= 11 is 0. The van der Waals surface area contributed by atoms with Gasteiger partial charge in [0, 0.05) is 37.8 Å². The highest BCUT2D eigenvalue weighted by Crippen LogP contribution is 2.50. The first-order valence-electron chi connectivity index (χ1n) is 15.3. The molecule has 6 rings (SSSR count). The van der Waals surface area contributed by atoms with Crippen molar-refractivity contribution in [3.63, 3.8) is 0 Å². The molecule has 2 aliphatic carbocycles. The molecule has 222 valence electrons. The zero-order valence-corrected chi connectivity index (χ0v) is 25.4. The van der Waals surface area contributed by atoms with Crippen LogP contribution in [0.25, 0.3) is 0 Å². The summed E-state index contributed by atoms with van der Waals surface area (Å²) in [6.45, 7) is 8.69. The number of allylic oxidation sites excluding steroid dienone is 1. The second-order valence-electron chi connectivity index (χ2n) is 13.1. The number of fused-ring (bicyclic) bond motifs is 2. The highest BCUT2D eigenvalue weighted by Gasteiger charge is 2.55. The van der Waals surface area contributed by atoms with Crippen molar-refractivity contribution in [2.24, 2.45) is 11.3 Å². The first kappa shape index (κ1) is 28.7. The second kappa shape index (κ2) is 11.0. The third-order valence-electron chi connectivity index (χ3n) is 9.60. The third-order valence-corrected chi connectivity index (χ3v) is 9.60. The van der Waals surface area contributed by atoms with E-state index < -0.39 is 11.0 Å². The van der Waals surface area contributed by atoms with Crippen LogP contribution in [0.5, 0.6) is 5.75 Å². The van der Waals surface area contributed by atoms with E-state index in [1.807, 2.05) is 74.3 Å². The fourth-order valence-electron chi connectivity index (χ4n) is 7.79. The van der Waals surface area contributed by atoms with Gasteiger partial charge in [0.15, 0.2) is 0 Å². The molecule has 1 N–H and O–H groups in total.